The van der Waals surface area contributed by atoms with Crippen molar-refractivity contribution in [2.45, 2.75) is 0 Å². The highest BCUT2D eigenvalue weighted by atomic mass is 15.1. The highest BCUT2D eigenvalue weighted by Crippen LogP contribution is 2.20. The van der Waals surface area contributed by atoms with E-state index in [4.69, 9.17) is 0 Å². The van der Waals surface area contributed by atoms with Crippen molar-refractivity contribution < 1.29 is 4.57 Å². The van der Waals surface area contributed by atoms with E-state index < -0.39 is 0 Å². The van der Waals surface area contributed by atoms with Gasteiger partial charge in [0.05, 0.1) is 0 Å². The molecule has 3 rings (SSSR count). The van der Waals surface area contributed by atoms with Crippen LogP contribution in [0.25, 0.3) is 11.8 Å². The predicted octanol–water partition coefficient (Wildman–Crippen LogP) is 5.80. The molecule has 3 aromatic rings. The summed E-state index contributed by atoms with van der Waals surface area (Å²) in [4.78, 5) is 4.08. The summed E-state index contributed by atoms with van der Waals surface area (Å²) < 4.78 is 2.10. The molecule has 1 aromatic heterocycles. The number of aromatic nitrogens is 1. The SMILES string of the molecule is C=CN(C=CC=CC=Cc1cc[n+](-c2ccc(NC)cc2)cc1)c1ccc(N(C)C)cc1. The maximum absolute atomic E-state index is 3.91. The fraction of sp³-hybridized carbons (Fsp3) is 0.107. The van der Waals surface area contributed by atoms with Crippen molar-refractivity contribution in [3.63, 3.8) is 0 Å². The second kappa shape index (κ2) is 11.4. The van der Waals surface area contributed by atoms with E-state index >= 15 is 0 Å². The van der Waals surface area contributed by atoms with E-state index in [1.165, 1.54) is 5.69 Å². The van der Waals surface area contributed by atoms with Crippen LogP contribution < -0.4 is 19.7 Å². The van der Waals surface area contributed by atoms with E-state index in [9.17, 15) is 0 Å². The van der Waals surface area contributed by atoms with Gasteiger partial charge in [0.1, 0.15) is 0 Å². The van der Waals surface area contributed by atoms with Crippen LogP contribution in [0.4, 0.5) is 17.1 Å². The molecule has 0 aliphatic carbocycles. The molecule has 162 valence electrons. The lowest BCUT2D eigenvalue weighted by Gasteiger charge is -2.17. The first-order valence-corrected chi connectivity index (χ1v) is 10.6. The Morgan fingerprint density at radius 2 is 1.41 bits per heavy atom. The number of rotatable bonds is 9. The minimum absolute atomic E-state index is 1.07. The zero-order chi connectivity index (χ0) is 22.8. The minimum atomic E-state index is 1.07. The summed E-state index contributed by atoms with van der Waals surface area (Å²) in [6, 6.07) is 20.9. The van der Waals surface area contributed by atoms with E-state index in [1.54, 1.807) is 6.20 Å². The summed E-state index contributed by atoms with van der Waals surface area (Å²) in [5, 5.41) is 3.14. The lowest BCUT2D eigenvalue weighted by atomic mass is 10.2. The van der Waals surface area contributed by atoms with Crippen molar-refractivity contribution in [1.82, 2.24) is 0 Å². The number of allylic oxidation sites excluding steroid dienone is 4. The number of nitrogens with one attached hydrogen (secondary N) is 1. The maximum Gasteiger partial charge on any atom is 0.210 e. The van der Waals surface area contributed by atoms with Crippen LogP contribution in [0, 0.1) is 0 Å². The molecule has 0 unspecified atom stereocenters. The van der Waals surface area contributed by atoms with Crippen LogP contribution >= 0.6 is 0 Å². The first kappa shape index (κ1) is 22.6. The Morgan fingerprint density at radius 3 is 2.00 bits per heavy atom. The number of nitrogens with zero attached hydrogens (tertiary/aromatic N) is 3. The molecule has 4 nitrogen and oxygen atoms in total. The number of benzene rings is 2. The Kier molecular flexibility index (Phi) is 8.04. The first-order valence-electron chi connectivity index (χ1n) is 10.6. The monoisotopic (exact) mass is 423 g/mol. The molecule has 1 N–H and O–H groups in total. The van der Waals surface area contributed by atoms with Crippen molar-refractivity contribution >= 4 is 23.1 Å². The lowest BCUT2D eigenvalue weighted by Crippen LogP contribution is -2.29. The van der Waals surface area contributed by atoms with Gasteiger partial charge in [-0.2, -0.15) is 4.57 Å². The standard InChI is InChI=1S/C28H31N4/c1-5-31(27-17-15-26(16-18-27)30(3)4)21-9-7-6-8-10-24-19-22-32(23-20-24)28-13-11-25(29-2)12-14-28/h5-23,29H,1H2,2-4H3/q+1. The van der Waals surface area contributed by atoms with Crippen LogP contribution in [0.1, 0.15) is 5.56 Å². The Balaban J connectivity index is 1.55. The number of hydrogen-bond acceptors (Lipinski definition) is 3. The normalized spacial score (nSPS) is 11.3. The van der Waals surface area contributed by atoms with Crippen molar-refractivity contribution in [3.05, 3.63) is 122 Å². The number of anilines is 3. The molecule has 0 saturated carbocycles. The molecule has 0 fully saturated rings. The molecule has 0 aliphatic heterocycles. The second-order valence-electron chi connectivity index (χ2n) is 7.42. The molecule has 2 aromatic carbocycles. The van der Waals surface area contributed by atoms with Gasteiger partial charge in [0, 0.05) is 74.9 Å². The molecule has 0 bridgehead atoms. The Morgan fingerprint density at radius 1 is 0.781 bits per heavy atom. The quantitative estimate of drug-likeness (QED) is 0.347. The van der Waals surface area contributed by atoms with Gasteiger partial charge in [-0.1, -0.05) is 30.9 Å². The Hall–Kier alpha value is -4.05. The third kappa shape index (κ3) is 6.22. The zero-order valence-corrected chi connectivity index (χ0v) is 19.0. The van der Waals surface area contributed by atoms with Gasteiger partial charge < -0.3 is 15.1 Å². The molecule has 4 heteroatoms. The molecular weight excluding hydrogens is 392 g/mol. The van der Waals surface area contributed by atoms with E-state index in [-0.39, 0.29) is 0 Å². The van der Waals surface area contributed by atoms with Gasteiger partial charge in [-0.3, -0.25) is 0 Å². The van der Waals surface area contributed by atoms with Crippen LogP contribution in [0.5, 0.6) is 0 Å². The van der Waals surface area contributed by atoms with Crippen LogP contribution in [0.3, 0.4) is 0 Å². The molecule has 0 amide bonds. The van der Waals surface area contributed by atoms with E-state index in [0.717, 1.165) is 22.6 Å². The molecule has 32 heavy (non-hydrogen) atoms. The summed E-state index contributed by atoms with van der Waals surface area (Å²) in [5.41, 5.74) is 5.63. The first-order chi connectivity index (χ1) is 15.6. The van der Waals surface area contributed by atoms with Crippen LogP contribution in [-0.4, -0.2) is 21.1 Å². The fourth-order valence-electron chi connectivity index (χ4n) is 3.13. The number of pyridine rings is 1. The average Bonchev–Trinajstić information content (AvgIpc) is 2.84. The summed E-state index contributed by atoms with van der Waals surface area (Å²) >= 11 is 0. The lowest BCUT2D eigenvalue weighted by molar-refractivity contribution is -0.595. The molecule has 0 aliphatic rings. The highest BCUT2D eigenvalue weighted by molar-refractivity contribution is 5.58. The van der Waals surface area contributed by atoms with Crippen molar-refractivity contribution in [3.8, 4) is 5.69 Å². The largest absolute Gasteiger partial charge is 0.388 e. The van der Waals surface area contributed by atoms with E-state index in [2.05, 4.69) is 100 Å². The van der Waals surface area contributed by atoms with Gasteiger partial charge >= 0.3 is 0 Å². The molecular formula is C28H31N4+. The third-order valence-electron chi connectivity index (χ3n) is 5.04. The van der Waals surface area contributed by atoms with Gasteiger partial charge in [0.2, 0.25) is 5.69 Å². The van der Waals surface area contributed by atoms with Crippen LogP contribution in [-0.2, 0) is 0 Å². The predicted molar refractivity (Wildman–Crippen MR) is 138 cm³/mol. The summed E-state index contributed by atoms with van der Waals surface area (Å²) in [6.45, 7) is 3.91. The minimum Gasteiger partial charge on any atom is -0.388 e. The molecule has 1 heterocycles. The third-order valence-corrected chi connectivity index (χ3v) is 5.04. The summed E-state index contributed by atoms with van der Waals surface area (Å²) in [6.07, 6.45) is 18.1. The number of hydrogen-bond donors (Lipinski definition) is 1. The Bertz CT molecular complexity index is 1070. The van der Waals surface area contributed by atoms with E-state index in [1.807, 2.05) is 56.5 Å². The molecule has 0 radical (unpaired) electrons. The fourth-order valence-corrected chi connectivity index (χ4v) is 3.13. The highest BCUT2D eigenvalue weighted by Gasteiger charge is 2.04. The topological polar surface area (TPSA) is 22.4 Å². The summed E-state index contributed by atoms with van der Waals surface area (Å²) in [5.74, 6) is 0. The molecule has 0 saturated heterocycles. The van der Waals surface area contributed by atoms with Crippen molar-refractivity contribution in [1.29, 1.82) is 0 Å². The molecule has 0 spiro atoms. The second-order valence-corrected chi connectivity index (χ2v) is 7.42. The van der Waals surface area contributed by atoms with Gasteiger partial charge in [-0.25, -0.2) is 0 Å². The van der Waals surface area contributed by atoms with Gasteiger partial charge in [-0.15, -0.1) is 0 Å². The van der Waals surface area contributed by atoms with Gasteiger partial charge in [0.15, 0.2) is 12.4 Å². The molecule has 0 atom stereocenters. The van der Waals surface area contributed by atoms with Crippen LogP contribution in [0.15, 0.2) is 116 Å². The van der Waals surface area contributed by atoms with Gasteiger partial charge in [-0.05, 0) is 48.0 Å². The van der Waals surface area contributed by atoms with Crippen LogP contribution in [0.2, 0.25) is 0 Å². The average molecular weight is 424 g/mol. The smallest absolute Gasteiger partial charge is 0.210 e. The summed E-state index contributed by atoms with van der Waals surface area (Å²) in [7, 11) is 6.00. The van der Waals surface area contributed by atoms with Gasteiger partial charge in [0.25, 0.3) is 0 Å². The van der Waals surface area contributed by atoms with Crippen molar-refractivity contribution in [2.75, 3.05) is 36.3 Å². The van der Waals surface area contributed by atoms with E-state index in [0.29, 0.717) is 0 Å². The van der Waals surface area contributed by atoms with Crippen molar-refractivity contribution in [2.24, 2.45) is 0 Å². The Labute approximate surface area is 191 Å². The zero-order valence-electron chi connectivity index (χ0n) is 19.0. The maximum atomic E-state index is 3.91.